The third-order valence-corrected chi connectivity index (χ3v) is 14.1. The van der Waals surface area contributed by atoms with Crippen LogP contribution in [0.25, 0.3) is 0 Å². The first-order chi connectivity index (χ1) is 36.6. The molecule has 14 heteroatoms. The SMILES string of the molecule is CC/C=C\C/C=C\C/C=C\C/C=C\CCCCCCCCCCC(=O)NC(COC1OC(CO)C(OC2OC(CO)C(O)C(O)C2O)C(O)C1O)C(O)/C=C/CC/C=C/CCCCCCCCCCCCCCCC. The fourth-order valence-electron chi connectivity index (χ4n) is 9.36. The van der Waals surface area contributed by atoms with Crippen molar-refractivity contribution in [2.45, 2.75) is 286 Å². The minimum absolute atomic E-state index is 0.260. The Kier molecular flexibility index (Phi) is 42.4. The van der Waals surface area contributed by atoms with Crippen LogP contribution in [0.1, 0.15) is 213 Å². The maximum Gasteiger partial charge on any atom is 0.220 e. The maximum atomic E-state index is 13.3. The molecule has 0 saturated carbocycles. The number of ether oxygens (including phenoxy) is 4. The molecule has 0 aromatic rings. The first-order valence-electron chi connectivity index (χ1n) is 29.7. The highest BCUT2D eigenvalue weighted by Crippen LogP contribution is 2.30. The van der Waals surface area contributed by atoms with Gasteiger partial charge in [0.1, 0.15) is 48.8 Å². The standard InChI is InChI=1S/C61H107NO13/c1-3-5-7-9-11-13-15-17-19-21-23-25-27-29-31-33-35-37-39-41-43-45-53(66)62-49(50(65)44-42-40-38-36-34-32-30-28-26-24-22-20-18-16-14-12-10-8-6-4-2)48-72-60-58(71)56(69)59(52(47-64)74-60)75-61-57(70)55(68)54(67)51(46-63)73-61/h5,7,11,13,17,19,23,25,34,36,42,44,49-52,54-61,63-65,67-71H,3-4,6,8-10,12,14-16,18,20-22,24,26-33,35,37-41,43,45-48H2,1-2H3,(H,62,66)/b7-5-,13-11-,19-17-,25-23-,36-34+,44-42+. The van der Waals surface area contributed by atoms with E-state index in [1.165, 1.54) is 109 Å². The summed E-state index contributed by atoms with van der Waals surface area (Å²) in [6.45, 7) is 2.66. The number of aliphatic hydroxyl groups is 8. The fraction of sp³-hybridized carbons (Fsp3) is 0.787. The molecule has 9 N–H and O–H groups in total. The molecular weight excluding hydrogens is 955 g/mol. The summed E-state index contributed by atoms with van der Waals surface area (Å²) < 4.78 is 22.8. The molecule has 14 nitrogen and oxygen atoms in total. The van der Waals surface area contributed by atoms with Crippen LogP contribution in [0.3, 0.4) is 0 Å². The maximum absolute atomic E-state index is 13.3. The van der Waals surface area contributed by atoms with Gasteiger partial charge in [0.15, 0.2) is 12.6 Å². The van der Waals surface area contributed by atoms with Gasteiger partial charge in [0.2, 0.25) is 5.91 Å². The van der Waals surface area contributed by atoms with Crippen molar-refractivity contribution in [3.63, 3.8) is 0 Å². The Morgan fingerprint density at radius 1 is 0.493 bits per heavy atom. The zero-order valence-electron chi connectivity index (χ0n) is 46.5. The number of carbonyl (C=O) groups excluding carboxylic acids is 1. The van der Waals surface area contributed by atoms with Gasteiger partial charge in [0.25, 0.3) is 0 Å². The van der Waals surface area contributed by atoms with Crippen molar-refractivity contribution in [1.29, 1.82) is 0 Å². The van der Waals surface area contributed by atoms with Gasteiger partial charge in [-0.3, -0.25) is 4.79 Å². The van der Waals surface area contributed by atoms with Crippen molar-refractivity contribution in [2.24, 2.45) is 0 Å². The second kappa shape index (κ2) is 46.4. The van der Waals surface area contributed by atoms with E-state index in [1.807, 2.05) is 6.08 Å². The van der Waals surface area contributed by atoms with E-state index in [0.29, 0.717) is 12.8 Å². The van der Waals surface area contributed by atoms with E-state index in [0.717, 1.165) is 70.6 Å². The largest absolute Gasteiger partial charge is 0.394 e. The highest BCUT2D eigenvalue weighted by atomic mass is 16.7. The van der Waals surface area contributed by atoms with Gasteiger partial charge in [0, 0.05) is 6.42 Å². The summed E-state index contributed by atoms with van der Waals surface area (Å²) >= 11 is 0. The first-order valence-corrected chi connectivity index (χ1v) is 29.7. The van der Waals surface area contributed by atoms with E-state index >= 15 is 0 Å². The molecule has 2 aliphatic rings. The number of unbranched alkanes of at least 4 members (excludes halogenated alkanes) is 23. The second-order valence-electron chi connectivity index (χ2n) is 20.7. The quantitative estimate of drug-likeness (QED) is 0.0205. The lowest BCUT2D eigenvalue weighted by atomic mass is 9.97. The molecule has 0 radical (unpaired) electrons. The van der Waals surface area contributed by atoms with Crippen LogP contribution < -0.4 is 5.32 Å². The molecule has 2 heterocycles. The summed E-state index contributed by atoms with van der Waals surface area (Å²) in [5, 5.41) is 87.1. The number of hydrogen-bond donors (Lipinski definition) is 9. The van der Waals surface area contributed by atoms with Gasteiger partial charge >= 0.3 is 0 Å². The highest BCUT2D eigenvalue weighted by molar-refractivity contribution is 5.76. The predicted molar refractivity (Wildman–Crippen MR) is 300 cm³/mol. The van der Waals surface area contributed by atoms with Crippen LogP contribution in [0.15, 0.2) is 72.9 Å². The lowest BCUT2D eigenvalue weighted by Crippen LogP contribution is -2.65. The molecule has 75 heavy (non-hydrogen) atoms. The normalized spacial score (nSPS) is 25.6. The van der Waals surface area contributed by atoms with E-state index in [-0.39, 0.29) is 18.9 Å². The molecule has 2 aliphatic heterocycles. The smallest absolute Gasteiger partial charge is 0.220 e. The van der Waals surface area contributed by atoms with Crippen LogP contribution in [0.2, 0.25) is 0 Å². The van der Waals surface area contributed by atoms with Crippen molar-refractivity contribution in [1.82, 2.24) is 5.32 Å². The average molecular weight is 1060 g/mol. The van der Waals surface area contributed by atoms with Crippen molar-refractivity contribution in [3.05, 3.63) is 72.9 Å². The Labute approximate surface area is 453 Å². The molecule has 0 aliphatic carbocycles. The van der Waals surface area contributed by atoms with Crippen molar-refractivity contribution < 1.29 is 64.6 Å². The van der Waals surface area contributed by atoms with Gasteiger partial charge in [-0.1, -0.05) is 209 Å². The average Bonchev–Trinajstić information content (AvgIpc) is 3.41. The number of nitrogens with one attached hydrogen (secondary N) is 1. The van der Waals surface area contributed by atoms with Crippen LogP contribution in [0, 0.1) is 0 Å². The number of aliphatic hydroxyl groups excluding tert-OH is 8. The molecule has 12 unspecified atom stereocenters. The van der Waals surface area contributed by atoms with Crippen LogP contribution in [0.4, 0.5) is 0 Å². The van der Waals surface area contributed by atoms with Crippen molar-refractivity contribution in [2.75, 3.05) is 19.8 Å². The Hall–Kier alpha value is -2.57. The third-order valence-electron chi connectivity index (χ3n) is 14.1. The van der Waals surface area contributed by atoms with E-state index in [9.17, 15) is 45.6 Å². The minimum Gasteiger partial charge on any atom is -0.394 e. The Morgan fingerprint density at radius 3 is 1.47 bits per heavy atom. The molecule has 2 saturated heterocycles. The third kappa shape index (κ3) is 32.2. The Bertz CT molecular complexity index is 1530. The highest BCUT2D eigenvalue weighted by Gasteiger charge is 2.51. The van der Waals surface area contributed by atoms with Crippen LogP contribution >= 0.6 is 0 Å². The lowest BCUT2D eigenvalue weighted by molar-refractivity contribution is -0.359. The molecule has 434 valence electrons. The molecule has 0 bridgehead atoms. The Balaban J connectivity index is 1.80. The van der Waals surface area contributed by atoms with E-state index in [2.05, 4.69) is 79.9 Å². The summed E-state index contributed by atoms with van der Waals surface area (Å²) in [5.41, 5.74) is 0. The van der Waals surface area contributed by atoms with Gasteiger partial charge in [-0.2, -0.15) is 0 Å². The number of rotatable bonds is 46. The molecular formula is C61H107NO13. The first kappa shape index (κ1) is 68.5. The molecule has 0 aromatic carbocycles. The summed E-state index contributed by atoms with van der Waals surface area (Å²) in [6, 6.07) is -0.940. The van der Waals surface area contributed by atoms with Gasteiger partial charge in [-0.05, 0) is 70.6 Å². The van der Waals surface area contributed by atoms with E-state index in [1.54, 1.807) is 6.08 Å². The molecule has 12 atom stereocenters. The lowest BCUT2D eigenvalue weighted by Gasteiger charge is -2.46. The molecule has 0 spiro atoms. The Morgan fingerprint density at radius 2 is 0.933 bits per heavy atom. The van der Waals surface area contributed by atoms with Crippen molar-refractivity contribution in [3.8, 4) is 0 Å². The zero-order chi connectivity index (χ0) is 54.6. The van der Waals surface area contributed by atoms with Gasteiger partial charge in [-0.25, -0.2) is 0 Å². The molecule has 2 fully saturated rings. The van der Waals surface area contributed by atoms with Crippen LogP contribution in [-0.4, -0.2) is 140 Å². The molecule has 1 amide bonds. The van der Waals surface area contributed by atoms with Crippen LogP contribution in [0.5, 0.6) is 0 Å². The summed E-state index contributed by atoms with van der Waals surface area (Å²) in [5.74, 6) is -0.260. The van der Waals surface area contributed by atoms with Crippen molar-refractivity contribution >= 4 is 5.91 Å². The number of amides is 1. The number of carbonyl (C=O) groups is 1. The van der Waals surface area contributed by atoms with Gasteiger partial charge < -0.3 is 65.1 Å². The summed E-state index contributed by atoms with van der Waals surface area (Å²) in [7, 11) is 0. The van der Waals surface area contributed by atoms with Gasteiger partial charge in [0.05, 0.1) is 32.0 Å². The van der Waals surface area contributed by atoms with Gasteiger partial charge in [-0.15, -0.1) is 0 Å². The topological polar surface area (TPSA) is 228 Å². The monoisotopic (exact) mass is 1060 g/mol. The summed E-state index contributed by atoms with van der Waals surface area (Å²) in [6.07, 6.45) is 43.6. The fourth-order valence-corrected chi connectivity index (χ4v) is 9.36. The number of hydrogen-bond acceptors (Lipinski definition) is 13. The number of allylic oxidation sites excluding steroid dienone is 11. The molecule has 2 rings (SSSR count). The second-order valence-corrected chi connectivity index (χ2v) is 20.7. The van der Waals surface area contributed by atoms with E-state index in [4.69, 9.17) is 18.9 Å². The van der Waals surface area contributed by atoms with E-state index < -0.39 is 86.8 Å². The van der Waals surface area contributed by atoms with Crippen LogP contribution in [-0.2, 0) is 23.7 Å². The summed E-state index contributed by atoms with van der Waals surface area (Å²) in [4.78, 5) is 13.3. The molecule has 0 aromatic heterocycles. The minimum atomic E-state index is -1.79. The zero-order valence-corrected chi connectivity index (χ0v) is 46.5. The predicted octanol–water partition coefficient (Wildman–Crippen LogP) is 9.94.